The fourth-order valence-corrected chi connectivity index (χ4v) is 5.63. The Morgan fingerprint density at radius 1 is 1.29 bits per heavy atom. The van der Waals surface area contributed by atoms with Gasteiger partial charge in [0.15, 0.2) is 5.82 Å². The van der Waals surface area contributed by atoms with E-state index in [1.807, 2.05) is 22.9 Å². The van der Waals surface area contributed by atoms with Crippen LogP contribution in [0.1, 0.15) is 60.5 Å². The van der Waals surface area contributed by atoms with E-state index in [2.05, 4.69) is 62.8 Å². The molecular formula is C26H32N6O2S. The standard InChI is InChI=1S/C26H32N6O2S/c1-3-6-24(25-28-29-30-32(25)16-21-7-4-11-34-21)31(17-22-8-5-12-35-22)15-20-14-19-13-18(2)9-10-23(19)27-26(20)33/h5,8-10,12-14,21,24H,3-4,6-7,11,15-17H2,1-2H3,(H,27,33)/t21-,24-/m0/s1. The predicted molar refractivity (Wildman–Crippen MR) is 137 cm³/mol. The Kier molecular flexibility index (Phi) is 7.36. The molecule has 1 saturated heterocycles. The predicted octanol–water partition coefficient (Wildman–Crippen LogP) is 4.61. The number of hydrogen-bond acceptors (Lipinski definition) is 7. The van der Waals surface area contributed by atoms with Crippen molar-refractivity contribution in [3.8, 4) is 0 Å². The summed E-state index contributed by atoms with van der Waals surface area (Å²) in [4.78, 5) is 19.7. The highest BCUT2D eigenvalue weighted by Gasteiger charge is 2.28. The molecule has 0 radical (unpaired) electrons. The average molecular weight is 493 g/mol. The molecule has 3 aromatic heterocycles. The van der Waals surface area contributed by atoms with E-state index >= 15 is 0 Å². The largest absolute Gasteiger partial charge is 0.376 e. The number of aryl methyl sites for hydroxylation is 1. The van der Waals surface area contributed by atoms with Gasteiger partial charge in [0.05, 0.1) is 18.7 Å². The van der Waals surface area contributed by atoms with Crippen LogP contribution in [-0.4, -0.2) is 42.8 Å². The fourth-order valence-electron chi connectivity index (χ4n) is 4.90. The Labute approximate surface area is 208 Å². The van der Waals surface area contributed by atoms with Crippen molar-refractivity contribution >= 4 is 22.2 Å². The van der Waals surface area contributed by atoms with E-state index in [0.29, 0.717) is 13.1 Å². The second-order valence-electron chi connectivity index (χ2n) is 9.36. The molecular weight excluding hydrogens is 460 g/mol. The maximum Gasteiger partial charge on any atom is 0.252 e. The summed E-state index contributed by atoms with van der Waals surface area (Å²) < 4.78 is 7.76. The number of ether oxygens (including phenoxy) is 1. The minimum Gasteiger partial charge on any atom is -0.376 e. The lowest BCUT2D eigenvalue weighted by molar-refractivity contribution is 0.0885. The molecule has 0 amide bonds. The average Bonchev–Trinajstić information content (AvgIpc) is 3.62. The van der Waals surface area contributed by atoms with Gasteiger partial charge < -0.3 is 9.72 Å². The second kappa shape index (κ2) is 10.8. The summed E-state index contributed by atoms with van der Waals surface area (Å²) >= 11 is 1.73. The van der Waals surface area contributed by atoms with Gasteiger partial charge in [0.1, 0.15) is 0 Å². The van der Waals surface area contributed by atoms with Crippen molar-refractivity contribution in [2.24, 2.45) is 0 Å². The highest BCUT2D eigenvalue weighted by atomic mass is 32.1. The number of pyridine rings is 1. The number of thiophene rings is 1. The molecule has 8 nitrogen and oxygen atoms in total. The number of nitrogens with one attached hydrogen (secondary N) is 1. The van der Waals surface area contributed by atoms with Gasteiger partial charge in [-0.2, -0.15) is 0 Å². The van der Waals surface area contributed by atoms with Crippen molar-refractivity contribution in [1.82, 2.24) is 30.1 Å². The van der Waals surface area contributed by atoms with E-state index in [-0.39, 0.29) is 17.7 Å². The van der Waals surface area contributed by atoms with E-state index in [4.69, 9.17) is 4.74 Å². The van der Waals surface area contributed by atoms with Gasteiger partial charge in [0, 0.05) is 35.7 Å². The van der Waals surface area contributed by atoms with Gasteiger partial charge in [0.2, 0.25) is 0 Å². The zero-order chi connectivity index (χ0) is 24.2. The Morgan fingerprint density at radius 3 is 2.97 bits per heavy atom. The van der Waals surface area contributed by atoms with Crippen LogP contribution in [0.2, 0.25) is 0 Å². The molecule has 1 aromatic carbocycles. The normalized spacial score (nSPS) is 16.9. The number of aromatic nitrogens is 5. The van der Waals surface area contributed by atoms with Crippen LogP contribution < -0.4 is 5.56 Å². The molecule has 1 aliphatic heterocycles. The van der Waals surface area contributed by atoms with E-state index in [1.165, 1.54) is 10.4 Å². The second-order valence-corrected chi connectivity index (χ2v) is 10.4. The van der Waals surface area contributed by atoms with Gasteiger partial charge in [-0.25, -0.2) is 4.68 Å². The monoisotopic (exact) mass is 492 g/mol. The Bertz CT molecular complexity index is 1310. The molecule has 4 heterocycles. The van der Waals surface area contributed by atoms with Gasteiger partial charge in [-0.15, -0.1) is 16.4 Å². The number of tetrazole rings is 1. The summed E-state index contributed by atoms with van der Waals surface area (Å²) in [7, 11) is 0. The number of nitrogens with zero attached hydrogens (tertiary/aromatic N) is 5. The van der Waals surface area contributed by atoms with E-state index in [9.17, 15) is 4.79 Å². The van der Waals surface area contributed by atoms with Crippen molar-refractivity contribution in [3.63, 3.8) is 0 Å². The summed E-state index contributed by atoms with van der Waals surface area (Å²) in [6, 6.07) is 12.3. The fraction of sp³-hybridized carbons (Fsp3) is 0.462. The Hall–Kier alpha value is -2.88. The van der Waals surface area contributed by atoms with Gasteiger partial charge in [-0.3, -0.25) is 9.69 Å². The van der Waals surface area contributed by atoms with Gasteiger partial charge >= 0.3 is 0 Å². The van der Waals surface area contributed by atoms with Crippen LogP contribution >= 0.6 is 11.3 Å². The lowest BCUT2D eigenvalue weighted by atomic mass is 10.1. The van der Waals surface area contributed by atoms with Crippen LogP contribution in [0.25, 0.3) is 10.9 Å². The quantitative estimate of drug-likeness (QED) is 0.348. The lowest BCUT2D eigenvalue weighted by Crippen LogP contribution is -2.33. The number of fused-ring (bicyclic) bond motifs is 1. The molecule has 1 fully saturated rings. The van der Waals surface area contributed by atoms with Gasteiger partial charge in [-0.05, 0) is 71.6 Å². The van der Waals surface area contributed by atoms with Crippen LogP contribution in [-0.2, 0) is 24.4 Å². The molecule has 1 N–H and O–H groups in total. The topological polar surface area (TPSA) is 88.9 Å². The van der Waals surface area contributed by atoms with E-state index in [0.717, 1.165) is 61.1 Å². The summed E-state index contributed by atoms with van der Waals surface area (Å²) in [6.45, 7) is 6.93. The van der Waals surface area contributed by atoms with E-state index in [1.54, 1.807) is 11.3 Å². The number of aromatic amines is 1. The molecule has 0 unspecified atom stereocenters. The minimum absolute atomic E-state index is 0.0221. The highest BCUT2D eigenvalue weighted by Crippen LogP contribution is 2.29. The zero-order valence-electron chi connectivity index (χ0n) is 20.3. The van der Waals surface area contributed by atoms with Gasteiger partial charge in [-0.1, -0.05) is 31.0 Å². The summed E-state index contributed by atoms with van der Waals surface area (Å²) in [5.74, 6) is 0.840. The zero-order valence-corrected chi connectivity index (χ0v) is 21.1. The van der Waals surface area contributed by atoms with Crippen molar-refractivity contribution in [1.29, 1.82) is 0 Å². The number of rotatable bonds is 10. The molecule has 0 aliphatic carbocycles. The first kappa shape index (κ1) is 23.8. The molecule has 0 spiro atoms. The smallest absolute Gasteiger partial charge is 0.252 e. The first-order chi connectivity index (χ1) is 17.1. The molecule has 1 aliphatic rings. The van der Waals surface area contributed by atoms with E-state index < -0.39 is 0 Å². The third-order valence-corrected chi connectivity index (χ3v) is 7.51. The minimum atomic E-state index is -0.0493. The maximum absolute atomic E-state index is 13.1. The van der Waals surface area contributed by atoms with Crippen LogP contribution in [0.5, 0.6) is 0 Å². The number of benzene rings is 1. The number of hydrogen-bond donors (Lipinski definition) is 1. The lowest BCUT2D eigenvalue weighted by Gasteiger charge is -2.30. The molecule has 0 saturated carbocycles. The SMILES string of the molecule is CCC[C@@H](c1nnnn1C[C@@H]1CCCO1)N(Cc1cccs1)Cc1cc2cc(C)ccc2[nH]c1=O. The third kappa shape index (κ3) is 5.52. The molecule has 4 aromatic rings. The highest BCUT2D eigenvalue weighted by molar-refractivity contribution is 7.09. The summed E-state index contributed by atoms with van der Waals surface area (Å²) in [5.41, 5.74) is 2.73. The first-order valence-electron chi connectivity index (χ1n) is 12.4. The van der Waals surface area contributed by atoms with Gasteiger partial charge in [0.25, 0.3) is 5.56 Å². The molecule has 0 bridgehead atoms. The van der Waals surface area contributed by atoms with Crippen LogP contribution in [0.4, 0.5) is 0 Å². The number of H-pyrrole nitrogens is 1. The third-order valence-electron chi connectivity index (χ3n) is 6.65. The van der Waals surface area contributed by atoms with Crippen molar-refractivity contribution in [3.05, 3.63) is 74.0 Å². The summed E-state index contributed by atoms with van der Waals surface area (Å²) in [6.07, 6.45) is 4.13. The summed E-state index contributed by atoms with van der Waals surface area (Å²) in [5, 5.41) is 16.0. The maximum atomic E-state index is 13.1. The van der Waals surface area contributed by atoms with Crippen molar-refractivity contribution < 1.29 is 4.74 Å². The Morgan fingerprint density at radius 2 is 2.20 bits per heavy atom. The van der Waals surface area contributed by atoms with Crippen molar-refractivity contribution in [2.75, 3.05) is 6.61 Å². The van der Waals surface area contributed by atoms with Crippen LogP contribution in [0.3, 0.4) is 0 Å². The van der Waals surface area contributed by atoms with Crippen molar-refractivity contribution in [2.45, 2.75) is 71.3 Å². The van der Waals surface area contributed by atoms with Crippen LogP contribution in [0.15, 0.2) is 46.6 Å². The molecule has 35 heavy (non-hydrogen) atoms. The molecule has 9 heteroatoms. The molecule has 2 atom stereocenters. The molecule has 5 rings (SSSR count). The molecule has 184 valence electrons. The first-order valence-corrected chi connectivity index (χ1v) is 13.3. The van der Waals surface area contributed by atoms with Crippen LogP contribution in [0, 0.1) is 6.92 Å². The Balaban J connectivity index is 1.50.